The summed E-state index contributed by atoms with van der Waals surface area (Å²) in [7, 11) is -1.37. The number of aryl methyl sites for hydroxylation is 2. The summed E-state index contributed by atoms with van der Waals surface area (Å²) in [4.78, 5) is 28.9. The number of carbonyl (C=O) groups excluding carboxylic acids is 2. The van der Waals surface area contributed by atoms with Crippen LogP contribution in [0, 0.1) is 13.8 Å². The van der Waals surface area contributed by atoms with Gasteiger partial charge in [0, 0.05) is 18.7 Å². The summed E-state index contributed by atoms with van der Waals surface area (Å²) in [5.41, 5.74) is 3.05. The van der Waals surface area contributed by atoms with Gasteiger partial charge in [-0.05, 0) is 81.5 Å². The number of nitrogens with zero attached hydrogens (tertiary/aromatic N) is 2. The number of sulfonamides is 1. The number of methoxy groups -OCH3 is 2. The molecular formula is C33H43N3O6S. The van der Waals surface area contributed by atoms with Crippen molar-refractivity contribution in [2.45, 2.75) is 64.4 Å². The lowest BCUT2D eigenvalue weighted by molar-refractivity contribution is -0.139. The lowest BCUT2D eigenvalue weighted by atomic mass is 10.1. The van der Waals surface area contributed by atoms with Gasteiger partial charge in [-0.25, -0.2) is 8.42 Å². The Morgan fingerprint density at radius 3 is 2.07 bits per heavy atom. The van der Waals surface area contributed by atoms with Gasteiger partial charge in [0.1, 0.15) is 12.6 Å². The van der Waals surface area contributed by atoms with Crippen molar-refractivity contribution < 1.29 is 27.5 Å². The molecular weight excluding hydrogens is 566 g/mol. The van der Waals surface area contributed by atoms with E-state index >= 15 is 0 Å². The van der Waals surface area contributed by atoms with E-state index in [-0.39, 0.29) is 29.1 Å². The first-order valence-electron chi connectivity index (χ1n) is 14.4. The second kappa shape index (κ2) is 14.9. The van der Waals surface area contributed by atoms with Gasteiger partial charge in [0.25, 0.3) is 10.0 Å². The van der Waals surface area contributed by atoms with Gasteiger partial charge in [0.15, 0.2) is 11.5 Å². The molecule has 0 spiro atoms. The lowest BCUT2D eigenvalue weighted by Gasteiger charge is -2.33. The van der Waals surface area contributed by atoms with E-state index < -0.39 is 28.5 Å². The Morgan fingerprint density at radius 2 is 1.51 bits per heavy atom. The van der Waals surface area contributed by atoms with Crippen LogP contribution in [0.1, 0.15) is 43.9 Å². The van der Waals surface area contributed by atoms with Crippen LogP contribution in [-0.2, 0) is 26.0 Å². The Kier molecular flexibility index (Phi) is 11.6. The third-order valence-corrected chi connectivity index (χ3v) is 8.79. The Bertz CT molecular complexity index is 1490. The predicted molar refractivity (Wildman–Crippen MR) is 169 cm³/mol. The molecule has 0 fully saturated rings. The van der Waals surface area contributed by atoms with Crippen molar-refractivity contribution in [3.05, 3.63) is 83.4 Å². The topological polar surface area (TPSA) is 105 Å². The maximum Gasteiger partial charge on any atom is 0.264 e. The summed E-state index contributed by atoms with van der Waals surface area (Å²) < 4.78 is 40.3. The smallest absolute Gasteiger partial charge is 0.264 e. The molecule has 3 aromatic carbocycles. The average molecular weight is 610 g/mol. The SMILES string of the molecule is CCC(C(=O)NC(C)C)N(CCc1ccccc1)C(=O)CN(c1cc(C)cc(C)c1)S(=O)(=O)c1ccc(OC)c(OC)c1. The van der Waals surface area contributed by atoms with Crippen molar-refractivity contribution in [2.75, 3.05) is 31.6 Å². The second-order valence-electron chi connectivity index (χ2n) is 10.8. The summed E-state index contributed by atoms with van der Waals surface area (Å²) in [5.74, 6) is -0.134. The molecule has 0 aromatic heterocycles. The van der Waals surface area contributed by atoms with Crippen molar-refractivity contribution in [1.82, 2.24) is 10.2 Å². The maximum absolute atomic E-state index is 14.3. The summed E-state index contributed by atoms with van der Waals surface area (Å²) >= 11 is 0. The van der Waals surface area contributed by atoms with E-state index in [2.05, 4.69) is 5.32 Å². The molecule has 0 aliphatic rings. The van der Waals surface area contributed by atoms with Gasteiger partial charge in [-0.1, -0.05) is 43.3 Å². The molecule has 3 rings (SSSR count). The number of carbonyl (C=O) groups is 2. The third-order valence-electron chi connectivity index (χ3n) is 7.02. The quantitative estimate of drug-likeness (QED) is 0.279. The molecule has 1 unspecified atom stereocenters. The van der Waals surface area contributed by atoms with Crippen LogP contribution in [0.4, 0.5) is 5.69 Å². The number of hydrogen-bond acceptors (Lipinski definition) is 6. The number of anilines is 1. The second-order valence-corrected chi connectivity index (χ2v) is 12.6. The van der Waals surface area contributed by atoms with Crippen LogP contribution in [-0.4, -0.2) is 64.5 Å². The molecule has 3 aromatic rings. The number of hydrogen-bond donors (Lipinski definition) is 1. The van der Waals surface area contributed by atoms with Crippen molar-refractivity contribution in [2.24, 2.45) is 0 Å². The van der Waals surface area contributed by atoms with E-state index in [1.165, 1.54) is 37.3 Å². The van der Waals surface area contributed by atoms with Gasteiger partial charge >= 0.3 is 0 Å². The fraction of sp³-hybridized carbons (Fsp3) is 0.394. The molecule has 9 nitrogen and oxygen atoms in total. The molecule has 0 heterocycles. The van der Waals surface area contributed by atoms with Crippen LogP contribution < -0.4 is 19.1 Å². The zero-order valence-corrected chi connectivity index (χ0v) is 26.9. The zero-order chi connectivity index (χ0) is 31.7. The minimum atomic E-state index is -4.26. The normalized spacial score (nSPS) is 12.0. The molecule has 0 saturated carbocycles. The fourth-order valence-corrected chi connectivity index (χ4v) is 6.42. The number of nitrogens with one attached hydrogen (secondary N) is 1. The molecule has 43 heavy (non-hydrogen) atoms. The van der Waals surface area contributed by atoms with Crippen LogP contribution in [0.25, 0.3) is 0 Å². The average Bonchev–Trinajstić information content (AvgIpc) is 2.96. The highest BCUT2D eigenvalue weighted by Gasteiger charge is 2.34. The molecule has 2 amide bonds. The minimum absolute atomic E-state index is 0.0578. The molecule has 232 valence electrons. The van der Waals surface area contributed by atoms with E-state index in [0.717, 1.165) is 21.0 Å². The Labute approximate surface area is 255 Å². The van der Waals surface area contributed by atoms with Crippen molar-refractivity contribution in [3.8, 4) is 11.5 Å². The van der Waals surface area contributed by atoms with Gasteiger partial charge in [-0.15, -0.1) is 0 Å². The molecule has 0 radical (unpaired) electrons. The molecule has 1 N–H and O–H groups in total. The molecule has 0 bridgehead atoms. The van der Waals surface area contributed by atoms with Crippen molar-refractivity contribution in [1.29, 1.82) is 0 Å². The Balaban J connectivity index is 2.09. The van der Waals surface area contributed by atoms with Crippen molar-refractivity contribution in [3.63, 3.8) is 0 Å². The van der Waals surface area contributed by atoms with Gasteiger partial charge in [0.05, 0.1) is 24.8 Å². The number of rotatable bonds is 14. The van der Waals surface area contributed by atoms with E-state index in [9.17, 15) is 18.0 Å². The van der Waals surface area contributed by atoms with Crippen LogP contribution >= 0.6 is 0 Å². The molecule has 0 saturated heterocycles. The van der Waals surface area contributed by atoms with Gasteiger partial charge in [-0.2, -0.15) is 0 Å². The first-order chi connectivity index (χ1) is 20.4. The third kappa shape index (κ3) is 8.50. The van der Waals surface area contributed by atoms with Crippen LogP contribution in [0.2, 0.25) is 0 Å². The number of amides is 2. The Hall–Kier alpha value is -4.05. The van der Waals surface area contributed by atoms with E-state index in [1.54, 1.807) is 12.1 Å². The van der Waals surface area contributed by atoms with E-state index in [0.29, 0.717) is 24.3 Å². The highest BCUT2D eigenvalue weighted by Crippen LogP contribution is 2.33. The predicted octanol–water partition coefficient (Wildman–Crippen LogP) is 4.89. The lowest BCUT2D eigenvalue weighted by Crippen LogP contribution is -2.54. The van der Waals surface area contributed by atoms with Crippen molar-refractivity contribution >= 4 is 27.5 Å². The summed E-state index contributed by atoms with van der Waals surface area (Å²) in [6.07, 6.45) is 0.870. The minimum Gasteiger partial charge on any atom is -0.493 e. The van der Waals surface area contributed by atoms with Gasteiger partial charge in [0.2, 0.25) is 11.8 Å². The molecule has 1 atom stereocenters. The van der Waals surface area contributed by atoms with E-state index in [1.807, 2.05) is 71.0 Å². The first-order valence-corrected chi connectivity index (χ1v) is 15.8. The van der Waals surface area contributed by atoms with Crippen LogP contribution in [0.5, 0.6) is 11.5 Å². The van der Waals surface area contributed by atoms with Crippen LogP contribution in [0.15, 0.2) is 71.6 Å². The zero-order valence-electron chi connectivity index (χ0n) is 26.1. The van der Waals surface area contributed by atoms with E-state index in [4.69, 9.17) is 9.47 Å². The summed E-state index contributed by atoms with van der Waals surface area (Å²) in [5, 5.41) is 2.92. The van der Waals surface area contributed by atoms with Crippen LogP contribution in [0.3, 0.4) is 0 Å². The number of ether oxygens (including phenoxy) is 2. The fourth-order valence-electron chi connectivity index (χ4n) is 5.00. The molecule has 10 heteroatoms. The maximum atomic E-state index is 14.3. The first kappa shape index (κ1) is 33.5. The standard InChI is InChI=1S/C33H43N3O6S/c1-8-29(33(38)34-23(2)3)35(17-16-26-12-10-9-11-13-26)32(37)22-36(27-19-24(4)18-25(5)20-27)43(39,40)28-14-15-30(41-6)31(21-28)42-7/h9-15,18-21,23,29H,8,16-17,22H2,1-7H3,(H,34,38). The Morgan fingerprint density at radius 1 is 0.884 bits per heavy atom. The highest BCUT2D eigenvalue weighted by molar-refractivity contribution is 7.92. The molecule has 0 aliphatic heterocycles. The summed E-state index contributed by atoms with van der Waals surface area (Å²) in [6, 6.07) is 18.5. The highest BCUT2D eigenvalue weighted by atomic mass is 32.2. The monoisotopic (exact) mass is 609 g/mol. The largest absolute Gasteiger partial charge is 0.493 e. The molecule has 0 aliphatic carbocycles. The van der Waals surface area contributed by atoms with Gasteiger partial charge < -0.3 is 19.7 Å². The summed E-state index contributed by atoms with van der Waals surface area (Å²) in [6.45, 7) is 9.04. The van der Waals surface area contributed by atoms with Gasteiger partial charge in [-0.3, -0.25) is 13.9 Å². The number of benzene rings is 3.